The van der Waals surface area contributed by atoms with Gasteiger partial charge < -0.3 is 0 Å². The minimum absolute atomic E-state index is 0.625. The quantitative estimate of drug-likeness (QED) is 0.398. The molecule has 0 nitrogen and oxygen atoms in total. The number of hydrogen-bond donors (Lipinski definition) is 0. The van der Waals surface area contributed by atoms with Crippen LogP contribution in [0.15, 0.2) is 72.3 Å². The zero-order chi connectivity index (χ0) is 21.7. The Morgan fingerprint density at radius 3 is 2.47 bits per heavy atom. The topological polar surface area (TPSA) is 0 Å². The second-order valence-corrected chi connectivity index (χ2v) is 10.4. The van der Waals surface area contributed by atoms with Crippen molar-refractivity contribution in [2.24, 2.45) is 11.8 Å². The fraction of sp³-hybridized carbons (Fsp3) is 0.375. The molecule has 3 aliphatic carbocycles. The highest BCUT2D eigenvalue weighted by Crippen LogP contribution is 2.47. The Labute approximate surface area is 193 Å². The van der Waals surface area contributed by atoms with E-state index in [2.05, 4.69) is 80.6 Å². The van der Waals surface area contributed by atoms with Crippen molar-refractivity contribution < 1.29 is 0 Å². The van der Waals surface area contributed by atoms with Gasteiger partial charge in [0.2, 0.25) is 0 Å². The van der Waals surface area contributed by atoms with Crippen molar-refractivity contribution in [3.8, 4) is 11.1 Å². The van der Waals surface area contributed by atoms with Gasteiger partial charge >= 0.3 is 0 Å². The lowest BCUT2D eigenvalue weighted by atomic mass is 9.71. The van der Waals surface area contributed by atoms with Crippen LogP contribution in [-0.4, -0.2) is 0 Å². The molecule has 1 saturated carbocycles. The van der Waals surface area contributed by atoms with E-state index in [9.17, 15) is 0 Å². The van der Waals surface area contributed by atoms with Crippen molar-refractivity contribution in [1.29, 1.82) is 0 Å². The molecule has 0 amide bonds. The van der Waals surface area contributed by atoms with Crippen LogP contribution in [0.4, 0.5) is 0 Å². The third-order valence-electron chi connectivity index (χ3n) is 8.44. The lowest BCUT2D eigenvalue weighted by molar-refractivity contribution is 0.545. The van der Waals surface area contributed by atoms with Gasteiger partial charge in [0.1, 0.15) is 0 Å². The maximum atomic E-state index is 2.55. The van der Waals surface area contributed by atoms with Crippen LogP contribution in [0.2, 0.25) is 0 Å². The van der Waals surface area contributed by atoms with Gasteiger partial charge in [0.25, 0.3) is 0 Å². The molecule has 0 radical (unpaired) electrons. The first-order valence-electron chi connectivity index (χ1n) is 12.8. The van der Waals surface area contributed by atoms with E-state index in [0.717, 1.165) is 5.92 Å². The van der Waals surface area contributed by atoms with Crippen LogP contribution in [0, 0.1) is 11.8 Å². The lowest BCUT2D eigenvalue weighted by Crippen LogP contribution is -2.18. The Balaban J connectivity index is 1.59. The molecule has 0 spiro atoms. The summed E-state index contributed by atoms with van der Waals surface area (Å²) in [5, 5.41) is 2.94. The van der Waals surface area contributed by atoms with Crippen LogP contribution < -0.4 is 0 Å². The summed E-state index contributed by atoms with van der Waals surface area (Å²) in [4.78, 5) is 0. The highest BCUT2D eigenvalue weighted by Gasteiger charge is 2.29. The van der Waals surface area contributed by atoms with Gasteiger partial charge in [-0.05, 0) is 94.0 Å². The van der Waals surface area contributed by atoms with Crippen LogP contribution in [0.25, 0.3) is 27.5 Å². The van der Waals surface area contributed by atoms with E-state index in [1.54, 1.807) is 16.7 Å². The molecule has 162 valence electrons. The Morgan fingerprint density at radius 1 is 0.875 bits per heavy atom. The SMILES string of the molecule is CCC1C=CC2=C(C1)C(C)Cc1c2ccc2cc(C3CCCC3)cc(-c3ccccc3)c12. The van der Waals surface area contributed by atoms with E-state index in [1.165, 1.54) is 78.0 Å². The summed E-state index contributed by atoms with van der Waals surface area (Å²) in [7, 11) is 0. The largest absolute Gasteiger partial charge is 0.0805 e. The van der Waals surface area contributed by atoms with Crippen molar-refractivity contribution in [2.45, 2.75) is 64.7 Å². The van der Waals surface area contributed by atoms with Crippen molar-refractivity contribution in [3.05, 3.63) is 89.0 Å². The van der Waals surface area contributed by atoms with Gasteiger partial charge in [-0.2, -0.15) is 0 Å². The monoisotopic (exact) mass is 418 g/mol. The third kappa shape index (κ3) is 3.27. The number of fused-ring (bicyclic) bond motifs is 4. The average molecular weight is 419 g/mol. The number of rotatable bonds is 3. The minimum atomic E-state index is 0.625. The fourth-order valence-electron chi connectivity index (χ4n) is 6.61. The van der Waals surface area contributed by atoms with E-state index >= 15 is 0 Å². The summed E-state index contributed by atoms with van der Waals surface area (Å²) in [6.45, 7) is 4.78. The molecular formula is C32H34. The van der Waals surface area contributed by atoms with E-state index in [4.69, 9.17) is 0 Å². The molecule has 0 heteroatoms. The molecule has 6 rings (SSSR count). The summed E-state index contributed by atoms with van der Waals surface area (Å²) >= 11 is 0. The van der Waals surface area contributed by atoms with Crippen molar-refractivity contribution in [1.82, 2.24) is 0 Å². The van der Waals surface area contributed by atoms with E-state index in [0.29, 0.717) is 11.8 Å². The first-order valence-corrected chi connectivity index (χ1v) is 12.8. The van der Waals surface area contributed by atoms with Gasteiger partial charge in [-0.3, -0.25) is 0 Å². The van der Waals surface area contributed by atoms with E-state index in [1.807, 2.05) is 0 Å². The van der Waals surface area contributed by atoms with Gasteiger partial charge in [-0.15, -0.1) is 0 Å². The van der Waals surface area contributed by atoms with Crippen molar-refractivity contribution in [3.63, 3.8) is 0 Å². The zero-order valence-electron chi connectivity index (χ0n) is 19.5. The predicted molar refractivity (Wildman–Crippen MR) is 138 cm³/mol. The molecule has 1 fully saturated rings. The van der Waals surface area contributed by atoms with Gasteiger partial charge in [0, 0.05) is 0 Å². The maximum absolute atomic E-state index is 2.55. The highest BCUT2D eigenvalue weighted by atomic mass is 14.3. The molecule has 0 heterocycles. The summed E-state index contributed by atoms with van der Waals surface area (Å²) in [6.07, 6.45) is 14.0. The Bertz CT molecular complexity index is 1220. The van der Waals surface area contributed by atoms with Crippen LogP contribution in [-0.2, 0) is 6.42 Å². The van der Waals surface area contributed by atoms with Crippen LogP contribution in [0.1, 0.15) is 75.0 Å². The standard InChI is InChI=1S/C32H34/c1-3-22-13-15-27-28-16-14-25-19-26(23-9-7-8-10-23)20-30(24-11-5-4-6-12-24)32(25)31(28)17-21(2)29(27)18-22/h4-6,11-16,19-23H,3,7-10,17-18H2,1-2H3. The summed E-state index contributed by atoms with van der Waals surface area (Å²) in [6, 6.07) is 21.0. The molecule has 0 aliphatic heterocycles. The zero-order valence-corrected chi connectivity index (χ0v) is 19.5. The maximum Gasteiger partial charge on any atom is -0.00667 e. The first-order chi connectivity index (χ1) is 15.7. The smallest absolute Gasteiger partial charge is 0.00667 e. The Kier molecular flexibility index (Phi) is 5.05. The molecule has 0 aromatic heterocycles. The van der Waals surface area contributed by atoms with Crippen molar-refractivity contribution >= 4 is 16.3 Å². The first kappa shape index (κ1) is 20.0. The lowest BCUT2D eigenvalue weighted by Gasteiger charge is -2.33. The van der Waals surface area contributed by atoms with Gasteiger partial charge in [0.05, 0.1) is 0 Å². The summed E-state index contributed by atoms with van der Waals surface area (Å²) in [5.41, 5.74) is 10.6. The summed E-state index contributed by atoms with van der Waals surface area (Å²) in [5.74, 6) is 2.07. The normalized spacial score (nSPS) is 22.9. The highest BCUT2D eigenvalue weighted by molar-refractivity contribution is 6.03. The molecule has 2 atom stereocenters. The molecule has 32 heavy (non-hydrogen) atoms. The number of hydrogen-bond acceptors (Lipinski definition) is 0. The second kappa shape index (κ2) is 8.07. The Hall–Kier alpha value is -2.60. The number of benzene rings is 3. The average Bonchev–Trinajstić information content (AvgIpc) is 3.39. The van der Waals surface area contributed by atoms with Crippen LogP contribution in [0.3, 0.4) is 0 Å². The molecule has 2 unspecified atom stereocenters. The predicted octanol–water partition coefficient (Wildman–Crippen LogP) is 9.10. The van der Waals surface area contributed by atoms with Crippen LogP contribution in [0.5, 0.6) is 0 Å². The molecular weight excluding hydrogens is 384 g/mol. The second-order valence-electron chi connectivity index (χ2n) is 10.4. The molecule has 0 saturated heterocycles. The van der Waals surface area contributed by atoms with Gasteiger partial charge in [-0.1, -0.05) is 99.0 Å². The molecule has 0 bridgehead atoms. The van der Waals surface area contributed by atoms with E-state index in [-0.39, 0.29) is 0 Å². The number of allylic oxidation sites excluding steroid dienone is 4. The van der Waals surface area contributed by atoms with E-state index < -0.39 is 0 Å². The fourth-order valence-corrected chi connectivity index (χ4v) is 6.61. The van der Waals surface area contributed by atoms with Gasteiger partial charge in [0.15, 0.2) is 0 Å². The molecule has 0 N–H and O–H groups in total. The van der Waals surface area contributed by atoms with Crippen molar-refractivity contribution in [2.75, 3.05) is 0 Å². The third-order valence-corrected chi connectivity index (χ3v) is 8.44. The molecule has 3 aromatic carbocycles. The minimum Gasteiger partial charge on any atom is -0.0805 e. The molecule has 3 aliphatic rings. The van der Waals surface area contributed by atoms with Gasteiger partial charge in [-0.25, -0.2) is 0 Å². The summed E-state index contributed by atoms with van der Waals surface area (Å²) < 4.78 is 0. The Morgan fingerprint density at radius 2 is 1.69 bits per heavy atom. The molecule has 3 aromatic rings. The van der Waals surface area contributed by atoms with Crippen LogP contribution >= 0.6 is 0 Å².